The van der Waals surface area contributed by atoms with Gasteiger partial charge in [-0.05, 0) is 24.5 Å². The molecule has 0 unspecified atom stereocenters. The van der Waals surface area contributed by atoms with Crippen LogP contribution in [0.1, 0.15) is 12.0 Å². The van der Waals surface area contributed by atoms with Gasteiger partial charge in [-0.3, -0.25) is 4.55 Å². The first-order valence-corrected chi connectivity index (χ1v) is 7.91. The molecule has 0 amide bonds. The molecule has 0 fully saturated rings. The van der Waals surface area contributed by atoms with Crippen LogP contribution in [0.15, 0.2) is 29.2 Å². The summed E-state index contributed by atoms with van der Waals surface area (Å²) in [6.07, 6.45) is 0.345. The van der Waals surface area contributed by atoms with Crippen molar-refractivity contribution in [3.63, 3.8) is 0 Å². The van der Waals surface area contributed by atoms with E-state index in [1.54, 1.807) is 12.1 Å². The number of hydrogen-bond acceptors (Lipinski definition) is 4. The van der Waals surface area contributed by atoms with Crippen molar-refractivity contribution in [3.05, 3.63) is 29.8 Å². The van der Waals surface area contributed by atoms with E-state index < -0.39 is 25.9 Å². The summed E-state index contributed by atoms with van der Waals surface area (Å²) in [6, 6.07) is 6.09. The summed E-state index contributed by atoms with van der Waals surface area (Å²) in [6.45, 7) is 0. The van der Waals surface area contributed by atoms with Gasteiger partial charge in [-0.15, -0.1) is 0 Å². The fourth-order valence-corrected chi connectivity index (χ4v) is 2.75. The van der Waals surface area contributed by atoms with Gasteiger partial charge >= 0.3 is 0 Å². The van der Waals surface area contributed by atoms with E-state index in [-0.39, 0.29) is 17.7 Å². The van der Waals surface area contributed by atoms with Crippen LogP contribution in [0.25, 0.3) is 0 Å². The van der Waals surface area contributed by atoms with Crippen LogP contribution in [0.2, 0.25) is 0 Å². The summed E-state index contributed by atoms with van der Waals surface area (Å²) in [7, 11) is -7.83. The average molecular weight is 279 g/mol. The first-order valence-electron chi connectivity index (χ1n) is 4.76. The lowest BCUT2D eigenvalue weighted by Gasteiger charge is -2.06. The van der Waals surface area contributed by atoms with Gasteiger partial charge in [-0.2, -0.15) is 8.42 Å². The Bertz CT molecular complexity index is 592. The minimum absolute atomic E-state index is 0.0182. The van der Waals surface area contributed by atoms with Crippen LogP contribution < -0.4 is 5.14 Å². The zero-order valence-corrected chi connectivity index (χ0v) is 10.5. The van der Waals surface area contributed by atoms with Gasteiger partial charge in [0.1, 0.15) is 0 Å². The van der Waals surface area contributed by atoms with Crippen molar-refractivity contribution in [1.82, 2.24) is 0 Å². The Morgan fingerprint density at radius 3 is 2.24 bits per heavy atom. The van der Waals surface area contributed by atoms with Crippen LogP contribution in [0.5, 0.6) is 0 Å². The second kappa shape index (κ2) is 5.13. The summed E-state index contributed by atoms with van der Waals surface area (Å²) in [4.78, 5) is -0.0182. The molecule has 0 aliphatic heterocycles. The predicted octanol–water partition coefficient (Wildman–Crippen LogP) is 0.154. The Morgan fingerprint density at radius 1 is 1.12 bits per heavy atom. The topological polar surface area (TPSA) is 115 Å². The minimum Gasteiger partial charge on any atom is -0.286 e. The molecule has 0 bridgehead atoms. The zero-order chi connectivity index (χ0) is 13.1. The van der Waals surface area contributed by atoms with E-state index in [1.807, 2.05) is 0 Å². The average Bonchev–Trinajstić information content (AvgIpc) is 2.15. The quantitative estimate of drug-likeness (QED) is 0.745. The Kier molecular flexibility index (Phi) is 4.26. The Labute approximate surface area is 100 Å². The molecule has 3 N–H and O–H groups in total. The summed E-state index contributed by atoms with van der Waals surface area (Å²) < 4.78 is 52.0. The van der Waals surface area contributed by atoms with Crippen LogP contribution in [-0.2, 0) is 26.6 Å². The molecule has 17 heavy (non-hydrogen) atoms. The predicted molar refractivity (Wildman–Crippen MR) is 62.6 cm³/mol. The lowest BCUT2D eigenvalue weighted by atomic mass is 10.1. The van der Waals surface area contributed by atoms with Gasteiger partial charge in [0.2, 0.25) is 10.0 Å². The first kappa shape index (κ1) is 14.1. The maximum atomic E-state index is 11.2. The molecule has 1 aromatic carbocycles. The Balaban J connectivity index is 2.86. The van der Waals surface area contributed by atoms with Crippen LogP contribution in [0, 0.1) is 0 Å². The summed E-state index contributed by atoms with van der Waals surface area (Å²) >= 11 is 0. The van der Waals surface area contributed by atoms with Gasteiger partial charge in [-0.25, -0.2) is 13.6 Å². The molecule has 0 saturated carbocycles. The number of aryl methyl sites for hydroxylation is 1. The molecular formula is C9H13NO5S2. The van der Waals surface area contributed by atoms with Crippen LogP contribution >= 0.6 is 0 Å². The van der Waals surface area contributed by atoms with Crippen LogP contribution in [-0.4, -0.2) is 27.1 Å². The lowest BCUT2D eigenvalue weighted by Crippen LogP contribution is -2.15. The molecule has 8 heteroatoms. The second-order valence-electron chi connectivity index (χ2n) is 3.54. The van der Waals surface area contributed by atoms with E-state index in [4.69, 9.17) is 9.69 Å². The van der Waals surface area contributed by atoms with Crippen molar-refractivity contribution >= 4 is 20.1 Å². The molecule has 1 aromatic rings. The first-order chi connectivity index (χ1) is 7.70. The molecule has 0 saturated heterocycles. The lowest BCUT2D eigenvalue weighted by molar-refractivity contribution is 0.481. The van der Waals surface area contributed by atoms with Gasteiger partial charge in [0.25, 0.3) is 10.1 Å². The molecule has 0 aliphatic rings. The van der Waals surface area contributed by atoms with E-state index in [0.717, 1.165) is 0 Å². The van der Waals surface area contributed by atoms with E-state index >= 15 is 0 Å². The summed E-state index contributed by atoms with van der Waals surface area (Å²) in [5.41, 5.74) is 0.443. The normalized spacial score (nSPS) is 12.6. The fourth-order valence-electron chi connectivity index (χ4n) is 1.43. The van der Waals surface area contributed by atoms with E-state index in [2.05, 4.69) is 0 Å². The number of rotatable bonds is 5. The van der Waals surface area contributed by atoms with Crippen molar-refractivity contribution in [2.45, 2.75) is 17.7 Å². The monoisotopic (exact) mass is 279 g/mol. The highest BCUT2D eigenvalue weighted by Crippen LogP contribution is 2.15. The highest BCUT2D eigenvalue weighted by Gasteiger charge is 2.13. The van der Waals surface area contributed by atoms with Crippen LogP contribution in [0.3, 0.4) is 0 Å². The number of nitrogens with two attached hydrogens (primary N) is 1. The van der Waals surface area contributed by atoms with Crippen molar-refractivity contribution in [1.29, 1.82) is 0 Å². The zero-order valence-electron chi connectivity index (χ0n) is 8.90. The maximum Gasteiger partial charge on any atom is 0.264 e. The number of hydrogen-bond donors (Lipinski definition) is 2. The molecular weight excluding hydrogens is 266 g/mol. The Hall–Kier alpha value is -0.960. The van der Waals surface area contributed by atoms with Gasteiger partial charge < -0.3 is 0 Å². The van der Waals surface area contributed by atoms with E-state index in [9.17, 15) is 16.8 Å². The molecule has 0 spiro atoms. The molecule has 0 radical (unpaired) electrons. The summed E-state index contributed by atoms with van der Waals surface area (Å²) in [5, 5.41) is 5.02. The molecule has 0 aliphatic carbocycles. The Morgan fingerprint density at radius 2 is 1.71 bits per heavy atom. The second-order valence-corrected chi connectivity index (χ2v) is 6.64. The highest BCUT2D eigenvalue weighted by molar-refractivity contribution is 7.89. The van der Waals surface area contributed by atoms with Gasteiger partial charge in [0, 0.05) is 0 Å². The van der Waals surface area contributed by atoms with Crippen molar-refractivity contribution in [3.8, 4) is 0 Å². The molecule has 1 rings (SSSR count). The number of primary sulfonamides is 1. The molecule has 96 valence electrons. The highest BCUT2D eigenvalue weighted by atomic mass is 32.2. The summed E-state index contributed by atoms with van der Waals surface area (Å²) in [5.74, 6) is -0.411. The maximum absolute atomic E-state index is 11.2. The van der Waals surface area contributed by atoms with E-state index in [1.165, 1.54) is 12.1 Å². The van der Waals surface area contributed by atoms with Crippen molar-refractivity contribution in [2.75, 3.05) is 5.75 Å². The molecule has 0 atom stereocenters. The van der Waals surface area contributed by atoms with E-state index in [0.29, 0.717) is 5.56 Å². The largest absolute Gasteiger partial charge is 0.286 e. The SMILES string of the molecule is NS(=O)(=O)c1ccccc1CCCS(=O)(=O)O. The van der Waals surface area contributed by atoms with Crippen molar-refractivity contribution in [2.24, 2.45) is 5.14 Å². The number of sulfonamides is 1. The molecule has 6 nitrogen and oxygen atoms in total. The van der Waals surface area contributed by atoms with Gasteiger partial charge in [-0.1, -0.05) is 18.2 Å². The fraction of sp³-hybridized carbons (Fsp3) is 0.333. The smallest absolute Gasteiger partial charge is 0.264 e. The third-order valence-corrected chi connectivity index (χ3v) is 3.94. The third kappa shape index (κ3) is 4.82. The third-order valence-electron chi connectivity index (χ3n) is 2.13. The number of benzene rings is 1. The standard InChI is InChI=1S/C9H13NO5S2/c10-17(14,15)9-6-2-1-4-8(9)5-3-7-16(11,12)13/h1-2,4,6H,3,5,7H2,(H2,10,14,15)(H,11,12,13). The van der Waals surface area contributed by atoms with Crippen LogP contribution in [0.4, 0.5) is 0 Å². The molecule has 0 aromatic heterocycles. The van der Waals surface area contributed by atoms with Gasteiger partial charge in [0.15, 0.2) is 0 Å². The minimum atomic E-state index is -4.02. The molecule has 0 heterocycles. The van der Waals surface area contributed by atoms with Crippen molar-refractivity contribution < 1.29 is 21.4 Å². The van der Waals surface area contributed by atoms with Gasteiger partial charge in [0.05, 0.1) is 10.6 Å².